The molecule has 8 heteroatoms. The zero-order valence-electron chi connectivity index (χ0n) is 19.8. The van der Waals surface area contributed by atoms with Crippen molar-refractivity contribution in [1.82, 2.24) is 19.6 Å². The van der Waals surface area contributed by atoms with E-state index in [2.05, 4.69) is 28.5 Å². The van der Waals surface area contributed by atoms with Crippen LogP contribution in [0, 0.1) is 5.92 Å². The highest BCUT2D eigenvalue weighted by Gasteiger charge is 2.33. The van der Waals surface area contributed by atoms with Gasteiger partial charge in [0.05, 0.1) is 13.7 Å². The van der Waals surface area contributed by atoms with E-state index in [4.69, 9.17) is 9.47 Å². The zero-order valence-corrected chi connectivity index (χ0v) is 19.8. The number of cyclic esters (lactones) is 1. The lowest BCUT2D eigenvalue weighted by Gasteiger charge is -2.35. The highest BCUT2D eigenvalue weighted by atomic mass is 16.6. The van der Waals surface area contributed by atoms with Crippen molar-refractivity contribution < 1.29 is 19.1 Å². The maximum atomic E-state index is 12.3. The Hall–Kier alpha value is -1.38. The first-order valence-corrected chi connectivity index (χ1v) is 12.2. The van der Waals surface area contributed by atoms with Crippen molar-refractivity contribution >= 4 is 12.1 Å². The smallest absolute Gasteiger partial charge is 0.410 e. The maximum absolute atomic E-state index is 12.3. The normalized spacial score (nSPS) is 24.7. The molecule has 0 aromatic carbocycles. The molecule has 3 rings (SSSR count). The van der Waals surface area contributed by atoms with Gasteiger partial charge in [0.15, 0.2) is 0 Å². The van der Waals surface area contributed by atoms with Crippen molar-refractivity contribution in [1.29, 1.82) is 0 Å². The van der Waals surface area contributed by atoms with Gasteiger partial charge in [-0.2, -0.15) is 0 Å². The van der Waals surface area contributed by atoms with Crippen LogP contribution in [-0.2, 0) is 14.3 Å². The Labute approximate surface area is 187 Å². The molecule has 3 heterocycles. The number of amides is 1. The van der Waals surface area contributed by atoms with Gasteiger partial charge in [-0.1, -0.05) is 0 Å². The lowest BCUT2D eigenvalue weighted by atomic mass is 9.93. The van der Waals surface area contributed by atoms with Crippen molar-refractivity contribution in [3.05, 3.63) is 0 Å². The van der Waals surface area contributed by atoms with Gasteiger partial charge in [0.25, 0.3) is 0 Å². The summed E-state index contributed by atoms with van der Waals surface area (Å²) in [5, 5.41) is 0. The van der Waals surface area contributed by atoms with Gasteiger partial charge < -0.3 is 24.2 Å². The van der Waals surface area contributed by atoms with Crippen LogP contribution in [0.25, 0.3) is 0 Å². The summed E-state index contributed by atoms with van der Waals surface area (Å²) in [6, 6.07) is 0.636. The van der Waals surface area contributed by atoms with Gasteiger partial charge >= 0.3 is 12.1 Å². The van der Waals surface area contributed by atoms with Gasteiger partial charge in [0.1, 0.15) is 6.10 Å². The molecule has 3 saturated heterocycles. The standard InChI is InChI=1S/C23H42N4O4/c1-19(2)26-10-6-20(7-11-26)8-12-27-18-21(31-23(27)29)17-25-15-13-24(14-16-25)9-4-5-22(28)30-3/h19-21H,4-18H2,1-3H3. The predicted molar refractivity (Wildman–Crippen MR) is 120 cm³/mol. The fourth-order valence-electron chi connectivity index (χ4n) is 4.98. The van der Waals surface area contributed by atoms with Gasteiger partial charge in [-0.25, -0.2) is 4.79 Å². The highest BCUT2D eigenvalue weighted by Crippen LogP contribution is 2.23. The maximum Gasteiger partial charge on any atom is 0.410 e. The predicted octanol–water partition coefficient (Wildman–Crippen LogP) is 1.89. The van der Waals surface area contributed by atoms with Crippen LogP contribution in [0.4, 0.5) is 4.79 Å². The van der Waals surface area contributed by atoms with Gasteiger partial charge in [-0.3, -0.25) is 9.69 Å². The average Bonchev–Trinajstić information content (AvgIpc) is 3.12. The van der Waals surface area contributed by atoms with E-state index >= 15 is 0 Å². The molecule has 1 amide bonds. The number of piperidine rings is 1. The first kappa shape index (κ1) is 24.3. The Morgan fingerprint density at radius 3 is 2.39 bits per heavy atom. The number of hydrogen-bond donors (Lipinski definition) is 0. The number of hydrogen-bond acceptors (Lipinski definition) is 7. The number of ether oxygens (including phenoxy) is 2. The van der Waals surface area contributed by atoms with Gasteiger partial charge in [-0.15, -0.1) is 0 Å². The Morgan fingerprint density at radius 1 is 1.06 bits per heavy atom. The number of nitrogens with zero attached hydrogens (tertiary/aromatic N) is 4. The second-order valence-electron chi connectivity index (χ2n) is 9.64. The minimum Gasteiger partial charge on any atom is -0.469 e. The fraction of sp³-hybridized carbons (Fsp3) is 0.913. The molecule has 0 aliphatic carbocycles. The molecule has 3 fully saturated rings. The summed E-state index contributed by atoms with van der Waals surface area (Å²) in [5.74, 6) is 0.598. The van der Waals surface area contributed by atoms with Crippen LogP contribution in [0.2, 0.25) is 0 Å². The molecule has 31 heavy (non-hydrogen) atoms. The highest BCUT2D eigenvalue weighted by molar-refractivity contribution is 5.70. The van der Waals surface area contributed by atoms with E-state index in [0.717, 1.165) is 71.1 Å². The number of methoxy groups -OCH3 is 1. The lowest BCUT2D eigenvalue weighted by Crippen LogP contribution is -2.49. The molecule has 178 valence electrons. The van der Waals surface area contributed by atoms with Crippen molar-refractivity contribution in [2.75, 3.05) is 72.6 Å². The number of rotatable bonds is 10. The summed E-state index contributed by atoms with van der Waals surface area (Å²) in [7, 11) is 1.44. The molecule has 0 radical (unpaired) electrons. The lowest BCUT2D eigenvalue weighted by molar-refractivity contribution is -0.140. The number of carbonyl (C=O) groups excluding carboxylic acids is 2. The second kappa shape index (κ2) is 12.0. The van der Waals surface area contributed by atoms with E-state index in [-0.39, 0.29) is 18.2 Å². The van der Waals surface area contributed by atoms with Crippen LogP contribution >= 0.6 is 0 Å². The molecule has 3 aliphatic heterocycles. The Bertz CT molecular complexity index is 572. The Morgan fingerprint density at radius 2 is 1.74 bits per heavy atom. The van der Waals surface area contributed by atoms with E-state index in [0.29, 0.717) is 12.5 Å². The molecule has 0 saturated carbocycles. The minimum atomic E-state index is -0.133. The first-order valence-electron chi connectivity index (χ1n) is 12.2. The topological polar surface area (TPSA) is 65.6 Å². The molecule has 0 aromatic rings. The van der Waals surface area contributed by atoms with Crippen LogP contribution in [-0.4, -0.2) is 116 Å². The van der Waals surface area contributed by atoms with Crippen molar-refractivity contribution in [3.8, 4) is 0 Å². The van der Waals surface area contributed by atoms with Crippen LogP contribution < -0.4 is 0 Å². The monoisotopic (exact) mass is 438 g/mol. The van der Waals surface area contributed by atoms with Crippen LogP contribution in [0.15, 0.2) is 0 Å². The molecule has 8 nitrogen and oxygen atoms in total. The van der Waals surface area contributed by atoms with E-state index in [1.165, 1.54) is 33.0 Å². The number of piperazine rings is 1. The van der Waals surface area contributed by atoms with Crippen molar-refractivity contribution in [2.24, 2.45) is 5.92 Å². The van der Waals surface area contributed by atoms with Crippen LogP contribution in [0.1, 0.15) is 46.0 Å². The SMILES string of the molecule is COC(=O)CCCN1CCN(CC2CN(CCC3CCN(C(C)C)CC3)C(=O)O2)CC1. The molecular weight excluding hydrogens is 396 g/mol. The largest absolute Gasteiger partial charge is 0.469 e. The number of esters is 1. The van der Waals surface area contributed by atoms with Gasteiger partial charge in [0, 0.05) is 51.7 Å². The number of likely N-dealkylation sites (tertiary alicyclic amines) is 1. The summed E-state index contributed by atoms with van der Waals surface area (Å²) in [5.41, 5.74) is 0. The van der Waals surface area contributed by atoms with Crippen LogP contribution in [0.3, 0.4) is 0 Å². The summed E-state index contributed by atoms with van der Waals surface area (Å²) in [6.45, 7) is 14.2. The van der Waals surface area contributed by atoms with E-state index in [1.807, 2.05) is 4.90 Å². The number of carbonyl (C=O) groups is 2. The third-order valence-electron chi connectivity index (χ3n) is 7.15. The molecule has 0 N–H and O–H groups in total. The van der Waals surface area contributed by atoms with E-state index in [9.17, 15) is 9.59 Å². The third kappa shape index (κ3) is 7.61. The summed E-state index contributed by atoms with van der Waals surface area (Å²) >= 11 is 0. The Balaban J connectivity index is 1.29. The molecule has 0 aromatic heterocycles. The quantitative estimate of drug-likeness (QED) is 0.483. The molecule has 3 aliphatic rings. The summed E-state index contributed by atoms with van der Waals surface area (Å²) < 4.78 is 10.4. The van der Waals surface area contributed by atoms with E-state index in [1.54, 1.807) is 0 Å². The van der Waals surface area contributed by atoms with Gasteiger partial charge in [0.2, 0.25) is 0 Å². The molecule has 1 unspecified atom stereocenters. The molecule has 0 bridgehead atoms. The Kier molecular flexibility index (Phi) is 9.41. The first-order chi connectivity index (χ1) is 14.9. The molecular formula is C23H42N4O4. The van der Waals surface area contributed by atoms with Gasteiger partial charge in [-0.05, 0) is 65.1 Å². The molecule has 0 spiro atoms. The summed E-state index contributed by atoms with van der Waals surface area (Å²) in [6.07, 6.45) is 4.77. The van der Waals surface area contributed by atoms with E-state index < -0.39 is 0 Å². The van der Waals surface area contributed by atoms with Crippen LogP contribution in [0.5, 0.6) is 0 Å². The second-order valence-corrected chi connectivity index (χ2v) is 9.64. The third-order valence-corrected chi connectivity index (χ3v) is 7.15. The summed E-state index contributed by atoms with van der Waals surface area (Å²) in [4.78, 5) is 32.8. The fourth-order valence-corrected chi connectivity index (χ4v) is 4.98. The molecule has 1 atom stereocenters. The minimum absolute atomic E-state index is 0.0128. The average molecular weight is 439 g/mol. The van der Waals surface area contributed by atoms with Crippen molar-refractivity contribution in [2.45, 2.75) is 58.1 Å². The zero-order chi connectivity index (χ0) is 22.2. The van der Waals surface area contributed by atoms with Crippen molar-refractivity contribution in [3.63, 3.8) is 0 Å².